The second-order valence-corrected chi connectivity index (χ2v) is 6.79. The molecule has 2 aromatic carbocycles. The minimum atomic E-state index is -0.504. The number of carbonyl (C=O) groups excluding carboxylic acids is 2. The van der Waals surface area contributed by atoms with Gasteiger partial charge in [0.2, 0.25) is 0 Å². The number of rotatable bonds is 7. The first kappa shape index (κ1) is 20.5. The lowest BCUT2D eigenvalue weighted by molar-refractivity contribution is -0.150. The number of nitrogens with zero attached hydrogens (tertiary/aromatic N) is 2. The highest BCUT2D eigenvalue weighted by molar-refractivity contribution is 6.30. The van der Waals surface area contributed by atoms with Crippen molar-refractivity contribution in [3.05, 3.63) is 65.2 Å². The van der Waals surface area contributed by atoms with E-state index >= 15 is 0 Å². The Hall–Kier alpha value is -2.84. The van der Waals surface area contributed by atoms with E-state index in [9.17, 15) is 9.59 Å². The Balaban J connectivity index is 2.08. The second kappa shape index (κ2) is 9.75. The Morgan fingerprint density at radius 3 is 2.30 bits per heavy atom. The monoisotopic (exact) mass is 384 g/mol. The summed E-state index contributed by atoms with van der Waals surface area (Å²) in [6, 6.07) is 17.8. The molecule has 0 aliphatic rings. The molecule has 1 atom stereocenters. The SMILES string of the molecule is CC(C)[C@H](C(=O)OCC(=O)N(CC#N)c1ccccc1)c1ccc(Cl)cc1. The van der Waals surface area contributed by atoms with E-state index in [1.807, 2.05) is 26.0 Å². The van der Waals surface area contributed by atoms with E-state index in [-0.39, 0.29) is 12.5 Å². The third-order valence-electron chi connectivity index (χ3n) is 4.09. The fraction of sp³-hybridized carbons (Fsp3) is 0.286. The second-order valence-electron chi connectivity index (χ2n) is 6.35. The van der Waals surface area contributed by atoms with Crippen LogP contribution < -0.4 is 4.90 Å². The van der Waals surface area contributed by atoms with E-state index in [2.05, 4.69) is 0 Å². The Morgan fingerprint density at radius 2 is 1.74 bits per heavy atom. The van der Waals surface area contributed by atoms with Crippen LogP contribution in [0.3, 0.4) is 0 Å². The molecule has 6 heteroatoms. The van der Waals surface area contributed by atoms with Gasteiger partial charge in [0, 0.05) is 10.7 Å². The van der Waals surface area contributed by atoms with Crippen molar-refractivity contribution >= 4 is 29.2 Å². The van der Waals surface area contributed by atoms with Crippen LogP contribution in [0.15, 0.2) is 54.6 Å². The lowest BCUT2D eigenvalue weighted by atomic mass is 9.88. The standard InChI is InChI=1S/C21H21ClN2O3/c1-15(2)20(16-8-10-17(22)11-9-16)21(26)27-14-19(25)24(13-12-23)18-6-4-3-5-7-18/h3-11,15,20H,13-14H2,1-2H3/t20-/m0/s1. The van der Waals surface area contributed by atoms with E-state index < -0.39 is 24.4 Å². The maximum absolute atomic E-state index is 12.6. The van der Waals surface area contributed by atoms with Crippen LogP contribution >= 0.6 is 11.6 Å². The molecule has 0 fully saturated rings. The van der Waals surface area contributed by atoms with Gasteiger partial charge >= 0.3 is 5.97 Å². The van der Waals surface area contributed by atoms with Gasteiger partial charge < -0.3 is 4.74 Å². The number of amides is 1. The number of carbonyl (C=O) groups is 2. The molecule has 0 aliphatic carbocycles. The van der Waals surface area contributed by atoms with Gasteiger partial charge in [-0.1, -0.05) is 55.8 Å². The third-order valence-corrected chi connectivity index (χ3v) is 4.34. The number of benzene rings is 2. The highest BCUT2D eigenvalue weighted by Gasteiger charge is 2.27. The zero-order valence-electron chi connectivity index (χ0n) is 15.3. The Morgan fingerprint density at radius 1 is 1.11 bits per heavy atom. The van der Waals surface area contributed by atoms with Crippen molar-refractivity contribution in [3.63, 3.8) is 0 Å². The number of hydrogen-bond acceptors (Lipinski definition) is 4. The van der Waals surface area contributed by atoms with Crippen LogP contribution in [0.5, 0.6) is 0 Å². The molecule has 140 valence electrons. The van der Waals surface area contributed by atoms with Gasteiger partial charge in [-0.25, -0.2) is 0 Å². The number of anilines is 1. The summed E-state index contributed by atoms with van der Waals surface area (Å²) in [5.41, 5.74) is 1.36. The first-order valence-electron chi connectivity index (χ1n) is 8.58. The molecule has 1 amide bonds. The number of hydrogen-bond donors (Lipinski definition) is 0. The normalized spacial score (nSPS) is 11.5. The number of para-hydroxylation sites is 1. The quantitative estimate of drug-likeness (QED) is 0.530. The summed E-state index contributed by atoms with van der Waals surface area (Å²) in [6.07, 6.45) is 0. The van der Waals surface area contributed by atoms with E-state index in [0.717, 1.165) is 5.56 Å². The molecule has 2 rings (SSSR count). The molecular formula is C21H21ClN2O3. The van der Waals surface area contributed by atoms with Gasteiger partial charge in [0.25, 0.3) is 5.91 Å². The molecule has 0 spiro atoms. The van der Waals surface area contributed by atoms with Gasteiger partial charge in [-0.2, -0.15) is 5.26 Å². The Bertz CT molecular complexity index is 814. The van der Waals surface area contributed by atoms with Crippen LogP contribution in [0, 0.1) is 17.2 Å². The van der Waals surface area contributed by atoms with E-state index in [1.54, 1.807) is 48.5 Å². The fourth-order valence-electron chi connectivity index (χ4n) is 2.77. The van der Waals surface area contributed by atoms with Gasteiger partial charge in [-0.05, 0) is 35.7 Å². The van der Waals surface area contributed by atoms with Crippen LogP contribution in [-0.2, 0) is 14.3 Å². The average molecular weight is 385 g/mol. The minimum Gasteiger partial charge on any atom is -0.455 e. The first-order chi connectivity index (χ1) is 12.9. The van der Waals surface area contributed by atoms with E-state index in [1.165, 1.54) is 4.90 Å². The van der Waals surface area contributed by atoms with Crippen LogP contribution in [0.25, 0.3) is 0 Å². The van der Waals surface area contributed by atoms with Gasteiger partial charge in [-0.15, -0.1) is 0 Å². The lowest BCUT2D eigenvalue weighted by Gasteiger charge is -2.22. The van der Waals surface area contributed by atoms with Gasteiger partial charge in [0.15, 0.2) is 6.61 Å². The molecule has 0 saturated carbocycles. The van der Waals surface area contributed by atoms with Crippen molar-refractivity contribution in [3.8, 4) is 6.07 Å². The average Bonchev–Trinajstić information content (AvgIpc) is 2.66. The summed E-state index contributed by atoms with van der Waals surface area (Å²) in [4.78, 5) is 26.4. The number of halogens is 1. The van der Waals surface area contributed by atoms with Crippen LogP contribution in [0.4, 0.5) is 5.69 Å². The fourth-order valence-corrected chi connectivity index (χ4v) is 2.89. The van der Waals surface area contributed by atoms with Gasteiger partial charge in [0.05, 0.1) is 12.0 Å². The number of ether oxygens (including phenoxy) is 1. The molecule has 0 radical (unpaired) electrons. The predicted molar refractivity (Wildman–Crippen MR) is 104 cm³/mol. The molecule has 0 N–H and O–H groups in total. The molecule has 0 heterocycles. The van der Waals surface area contributed by atoms with E-state index in [0.29, 0.717) is 10.7 Å². The van der Waals surface area contributed by atoms with Crippen molar-refractivity contribution in [1.82, 2.24) is 0 Å². The lowest BCUT2D eigenvalue weighted by Crippen LogP contribution is -2.36. The highest BCUT2D eigenvalue weighted by atomic mass is 35.5. The van der Waals surface area contributed by atoms with Crippen LogP contribution in [-0.4, -0.2) is 25.0 Å². The summed E-state index contributed by atoms with van der Waals surface area (Å²) < 4.78 is 5.29. The van der Waals surface area contributed by atoms with E-state index in [4.69, 9.17) is 21.6 Å². The molecule has 0 aliphatic heterocycles. The van der Waals surface area contributed by atoms with Crippen molar-refractivity contribution in [2.45, 2.75) is 19.8 Å². The molecule has 0 aromatic heterocycles. The topological polar surface area (TPSA) is 70.4 Å². The number of esters is 1. The first-order valence-corrected chi connectivity index (χ1v) is 8.96. The third kappa shape index (κ3) is 5.57. The molecule has 5 nitrogen and oxygen atoms in total. The largest absolute Gasteiger partial charge is 0.455 e. The smallest absolute Gasteiger partial charge is 0.314 e. The maximum Gasteiger partial charge on any atom is 0.314 e. The van der Waals surface area contributed by atoms with Crippen molar-refractivity contribution < 1.29 is 14.3 Å². The predicted octanol–water partition coefficient (Wildman–Crippen LogP) is 4.18. The molecule has 0 saturated heterocycles. The van der Waals surface area contributed by atoms with Crippen molar-refractivity contribution in [2.75, 3.05) is 18.1 Å². The summed E-state index contributed by atoms with van der Waals surface area (Å²) in [6.45, 7) is 3.28. The summed E-state index contributed by atoms with van der Waals surface area (Å²) in [5.74, 6) is -1.45. The van der Waals surface area contributed by atoms with Gasteiger partial charge in [0.1, 0.15) is 6.54 Å². The zero-order chi connectivity index (χ0) is 19.8. The van der Waals surface area contributed by atoms with Crippen molar-refractivity contribution in [2.24, 2.45) is 5.92 Å². The molecule has 27 heavy (non-hydrogen) atoms. The number of nitriles is 1. The van der Waals surface area contributed by atoms with Crippen molar-refractivity contribution in [1.29, 1.82) is 5.26 Å². The van der Waals surface area contributed by atoms with Gasteiger partial charge in [-0.3, -0.25) is 14.5 Å². The molecular weight excluding hydrogens is 364 g/mol. The Labute approximate surface area is 164 Å². The molecule has 2 aromatic rings. The van der Waals surface area contributed by atoms with Crippen LogP contribution in [0.1, 0.15) is 25.3 Å². The Kier molecular flexibility index (Phi) is 7.39. The van der Waals surface area contributed by atoms with Crippen LogP contribution in [0.2, 0.25) is 5.02 Å². The summed E-state index contributed by atoms with van der Waals surface area (Å²) >= 11 is 5.91. The summed E-state index contributed by atoms with van der Waals surface area (Å²) in [5, 5.41) is 9.58. The molecule has 0 unspecified atom stereocenters. The summed E-state index contributed by atoms with van der Waals surface area (Å²) in [7, 11) is 0. The zero-order valence-corrected chi connectivity index (χ0v) is 16.0. The maximum atomic E-state index is 12.6. The molecule has 0 bridgehead atoms. The minimum absolute atomic E-state index is 0.0156. The highest BCUT2D eigenvalue weighted by Crippen LogP contribution is 2.27.